The number of nitro benzene ring substituents is 1. The van der Waals surface area contributed by atoms with E-state index in [1.807, 2.05) is 0 Å². The first-order valence-electron chi connectivity index (χ1n) is 5.42. The molecule has 0 aliphatic carbocycles. The van der Waals surface area contributed by atoms with E-state index < -0.39 is 10.8 Å². The lowest BCUT2D eigenvalue weighted by Gasteiger charge is -2.06. The van der Waals surface area contributed by atoms with Gasteiger partial charge in [-0.2, -0.15) is 0 Å². The van der Waals surface area contributed by atoms with Gasteiger partial charge in [0.15, 0.2) is 0 Å². The Bertz CT molecular complexity index is 468. The van der Waals surface area contributed by atoms with Gasteiger partial charge < -0.3 is 10.1 Å². The maximum Gasteiger partial charge on any atom is 0.282 e. The predicted molar refractivity (Wildman–Crippen MR) is 72.0 cm³/mol. The summed E-state index contributed by atoms with van der Waals surface area (Å²) < 4.78 is 5.06. The molecular formula is C11H12Cl2N2O4. The van der Waals surface area contributed by atoms with Crippen LogP contribution in [0.25, 0.3) is 0 Å². The van der Waals surface area contributed by atoms with Crippen LogP contribution in [-0.4, -0.2) is 36.5 Å². The smallest absolute Gasteiger partial charge is 0.282 e. The van der Waals surface area contributed by atoms with E-state index in [1.54, 1.807) is 0 Å². The molecular weight excluding hydrogens is 295 g/mol. The summed E-state index contributed by atoms with van der Waals surface area (Å²) in [6, 6.07) is 3.82. The largest absolute Gasteiger partial charge is 0.378 e. The fourth-order valence-electron chi connectivity index (χ4n) is 1.34. The van der Waals surface area contributed by atoms with Crippen LogP contribution in [0.5, 0.6) is 0 Å². The lowest BCUT2D eigenvalue weighted by atomic mass is 10.1. The molecule has 0 spiro atoms. The second-order valence-corrected chi connectivity index (χ2v) is 4.29. The molecule has 0 heterocycles. The summed E-state index contributed by atoms with van der Waals surface area (Å²) in [5.74, 6) is -0.197. The van der Waals surface area contributed by atoms with Gasteiger partial charge in [-0.3, -0.25) is 14.9 Å². The van der Waals surface area contributed by atoms with Crippen LogP contribution in [0.2, 0.25) is 5.02 Å². The molecule has 1 rings (SSSR count). The summed E-state index contributed by atoms with van der Waals surface area (Å²) in [6.45, 7) is 0.904. The number of rotatable bonds is 7. The lowest BCUT2D eigenvalue weighted by molar-refractivity contribution is -0.385. The van der Waals surface area contributed by atoms with E-state index in [9.17, 15) is 14.9 Å². The number of hydrogen-bond donors (Lipinski definition) is 1. The summed E-state index contributed by atoms with van der Waals surface area (Å²) in [5, 5.41) is 13.6. The summed E-state index contributed by atoms with van der Waals surface area (Å²) >= 11 is 11.1. The maximum absolute atomic E-state index is 11.8. The average Bonchev–Trinajstić information content (AvgIpc) is 2.37. The average molecular weight is 307 g/mol. The fraction of sp³-hybridized carbons (Fsp3) is 0.364. The number of nitrogens with zero attached hydrogens (tertiary/aromatic N) is 1. The van der Waals surface area contributed by atoms with Crippen LogP contribution < -0.4 is 5.32 Å². The van der Waals surface area contributed by atoms with E-state index in [1.165, 1.54) is 18.2 Å². The Balaban J connectivity index is 2.65. The standard InChI is InChI=1S/C11H12Cl2N2O4/c12-3-5-19-6-4-14-11(16)9-7-8(13)1-2-10(9)15(17)18/h1-2,7H,3-6H2,(H,14,16). The Labute approximate surface area is 119 Å². The fourth-order valence-corrected chi connectivity index (χ4v) is 1.62. The van der Waals surface area contributed by atoms with Crippen molar-refractivity contribution in [2.24, 2.45) is 0 Å². The molecule has 0 aromatic heterocycles. The van der Waals surface area contributed by atoms with Crippen LogP contribution in [0.4, 0.5) is 5.69 Å². The first-order chi connectivity index (χ1) is 9.06. The number of alkyl halides is 1. The minimum Gasteiger partial charge on any atom is -0.378 e. The van der Waals surface area contributed by atoms with E-state index >= 15 is 0 Å². The molecule has 19 heavy (non-hydrogen) atoms. The van der Waals surface area contributed by atoms with Gasteiger partial charge >= 0.3 is 0 Å². The zero-order chi connectivity index (χ0) is 14.3. The Morgan fingerprint density at radius 1 is 1.42 bits per heavy atom. The summed E-state index contributed by atoms with van der Waals surface area (Å²) in [4.78, 5) is 22.0. The van der Waals surface area contributed by atoms with Crippen molar-refractivity contribution in [3.63, 3.8) is 0 Å². The molecule has 1 N–H and O–H groups in total. The van der Waals surface area contributed by atoms with Crippen LogP contribution in [0, 0.1) is 10.1 Å². The molecule has 0 radical (unpaired) electrons. The highest BCUT2D eigenvalue weighted by molar-refractivity contribution is 6.31. The number of nitrogens with one attached hydrogen (secondary N) is 1. The molecule has 1 amide bonds. The monoisotopic (exact) mass is 306 g/mol. The van der Waals surface area contributed by atoms with Gasteiger partial charge in [0.25, 0.3) is 11.6 Å². The van der Waals surface area contributed by atoms with E-state index in [0.29, 0.717) is 12.5 Å². The molecule has 0 saturated heterocycles. The second kappa shape index (κ2) is 7.93. The van der Waals surface area contributed by atoms with Crippen molar-refractivity contribution in [1.82, 2.24) is 5.32 Å². The Morgan fingerprint density at radius 2 is 2.16 bits per heavy atom. The molecule has 104 valence electrons. The molecule has 0 aliphatic rings. The number of carbonyl (C=O) groups is 1. The summed E-state index contributed by atoms with van der Waals surface area (Å²) in [5.41, 5.74) is -0.363. The van der Waals surface area contributed by atoms with Gasteiger partial charge in [-0.25, -0.2) is 0 Å². The van der Waals surface area contributed by atoms with Crippen molar-refractivity contribution < 1.29 is 14.5 Å². The third-order valence-electron chi connectivity index (χ3n) is 2.15. The van der Waals surface area contributed by atoms with Crippen molar-refractivity contribution >= 4 is 34.8 Å². The molecule has 0 unspecified atom stereocenters. The second-order valence-electron chi connectivity index (χ2n) is 3.48. The van der Waals surface area contributed by atoms with Crippen LogP contribution >= 0.6 is 23.2 Å². The van der Waals surface area contributed by atoms with Crippen molar-refractivity contribution in [3.8, 4) is 0 Å². The van der Waals surface area contributed by atoms with E-state index in [4.69, 9.17) is 27.9 Å². The molecule has 1 aromatic rings. The van der Waals surface area contributed by atoms with Crippen LogP contribution in [0.1, 0.15) is 10.4 Å². The minimum absolute atomic E-state index is 0.0742. The highest BCUT2D eigenvalue weighted by atomic mass is 35.5. The third kappa shape index (κ3) is 5.02. The number of carbonyl (C=O) groups excluding carboxylic acids is 1. The first-order valence-corrected chi connectivity index (χ1v) is 6.33. The van der Waals surface area contributed by atoms with E-state index in [-0.39, 0.29) is 29.4 Å². The van der Waals surface area contributed by atoms with Crippen molar-refractivity contribution in [3.05, 3.63) is 38.9 Å². The van der Waals surface area contributed by atoms with Crippen molar-refractivity contribution in [1.29, 1.82) is 0 Å². The van der Waals surface area contributed by atoms with Crippen LogP contribution in [0.15, 0.2) is 18.2 Å². The highest BCUT2D eigenvalue weighted by Gasteiger charge is 2.19. The van der Waals surface area contributed by atoms with Crippen molar-refractivity contribution in [2.75, 3.05) is 25.6 Å². The maximum atomic E-state index is 11.8. The topological polar surface area (TPSA) is 81.5 Å². The number of halogens is 2. The van der Waals surface area contributed by atoms with Crippen LogP contribution in [-0.2, 0) is 4.74 Å². The lowest BCUT2D eigenvalue weighted by Crippen LogP contribution is -2.28. The van der Waals surface area contributed by atoms with Crippen LogP contribution in [0.3, 0.4) is 0 Å². The summed E-state index contributed by atoms with van der Waals surface area (Å²) in [7, 11) is 0. The predicted octanol–water partition coefficient (Wildman–Crippen LogP) is 2.23. The molecule has 0 aliphatic heterocycles. The minimum atomic E-state index is -0.630. The number of benzene rings is 1. The molecule has 0 fully saturated rings. The Morgan fingerprint density at radius 3 is 2.79 bits per heavy atom. The van der Waals surface area contributed by atoms with E-state index in [2.05, 4.69) is 5.32 Å². The van der Waals surface area contributed by atoms with Gasteiger partial charge in [-0.05, 0) is 12.1 Å². The van der Waals surface area contributed by atoms with Gasteiger partial charge in [-0.15, -0.1) is 11.6 Å². The molecule has 8 heteroatoms. The van der Waals surface area contributed by atoms with Gasteiger partial charge in [0.05, 0.1) is 18.1 Å². The zero-order valence-electron chi connectivity index (χ0n) is 9.90. The summed E-state index contributed by atoms with van der Waals surface area (Å²) in [6.07, 6.45) is 0. The van der Waals surface area contributed by atoms with Gasteiger partial charge in [-0.1, -0.05) is 11.6 Å². The van der Waals surface area contributed by atoms with Gasteiger partial charge in [0, 0.05) is 23.5 Å². The number of amides is 1. The highest BCUT2D eigenvalue weighted by Crippen LogP contribution is 2.22. The van der Waals surface area contributed by atoms with Gasteiger partial charge in [0.1, 0.15) is 5.56 Å². The Kier molecular flexibility index (Phi) is 6.55. The number of ether oxygens (including phenoxy) is 1. The third-order valence-corrected chi connectivity index (χ3v) is 2.54. The van der Waals surface area contributed by atoms with E-state index in [0.717, 1.165) is 0 Å². The Hall–Kier alpha value is -1.37. The first kappa shape index (κ1) is 15.7. The molecule has 0 bridgehead atoms. The zero-order valence-corrected chi connectivity index (χ0v) is 11.4. The molecule has 0 atom stereocenters. The SMILES string of the molecule is O=C(NCCOCCCl)c1cc(Cl)ccc1[N+](=O)[O-]. The molecule has 1 aromatic carbocycles. The molecule has 6 nitrogen and oxygen atoms in total. The molecule has 0 saturated carbocycles. The van der Waals surface area contributed by atoms with Crippen molar-refractivity contribution in [2.45, 2.75) is 0 Å². The normalized spacial score (nSPS) is 10.2. The quantitative estimate of drug-likeness (QED) is 0.362. The number of nitro groups is 1. The van der Waals surface area contributed by atoms with Gasteiger partial charge in [0.2, 0.25) is 0 Å². The number of hydrogen-bond acceptors (Lipinski definition) is 4.